The zero-order chi connectivity index (χ0) is 9.72. The Hall–Kier alpha value is -0.0500. The van der Waals surface area contributed by atoms with Crippen molar-refractivity contribution in [1.29, 1.82) is 0 Å². The minimum Gasteiger partial charge on any atom is -0.394 e. The van der Waals surface area contributed by atoms with Gasteiger partial charge in [0.1, 0.15) is 24.4 Å². The SMILES string of the molecule is Br.O=C[C@@H](O)[C@H](O)[C@@H](O)[C@@H](O)CO. The predicted molar refractivity (Wildman–Crippen MR) is 47.5 cm³/mol. The van der Waals surface area contributed by atoms with E-state index in [9.17, 15) is 4.79 Å². The van der Waals surface area contributed by atoms with Gasteiger partial charge in [0.25, 0.3) is 0 Å². The number of aldehydes is 1. The lowest BCUT2D eigenvalue weighted by Gasteiger charge is -2.22. The van der Waals surface area contributed by atoms with Gasteiger partial charge in [-0.3, -0.25) is 0 Å². The number of hydrogen-bond acceptors (Lipinski definition) is 6. The maximum absolute atomic E-state index is 9.90. The Balaban J connectivity index is 0. The highest BCUT2D eigenvalue weighted by Gasteiger charge is 2.29. The van der Waals surface area contributed by atoms with E-state index in [0.717, 1.165) is 0 Å². The smallest absolute Gasteiger partial charge is 0.151 e. The molecule has 0 amide bonds. The number of rotatable bonds is 5. The number of carbonyl (C=O) groups excluding carboxylic acids is 1. The summed E-state index contributed by atoms with van der Waals surface area (Å²) in [7, 11) is 0. The molecule has 80 valence electrons. The summed E-state index contributed by atoms with van der Waals surface area (Å²) in [5, 5.41) is 43.5. The fraction of sp³-hybridized carbons (Fsp3) is 0.833. The first-order valence-electron chi connectivity index (χ1n) is 3.33. The molecule has 0 aliphatic heterocycles. The van der Waals surface area contributed by atoms with E-state index < -0.39 is 31.0 Å². The molecular formula is C6H13BrO6. The molecule has 0 saturated carbocycles. The van der Waals surface area contributed by atoms with E-state index in [-0.39, 0.29) is 23.3 Å². The van der Waals surface area contributed by atoms with Crippen LogP contribution in [0.4, 0.5) is 0 Å². The lowest BCUT2D eigenvalue weighted by Crippen LogP contribution is -2.46. The second kappa shape index (κ2) is 7.36. The molecule has 7 heteroatoms. The quantitative estimate of drug-likeness (QED) is 0.341. The van der Waals surface area contributed by atoms with Crippen molar-refractivity contribution in [2.75, 3.05) is 6.61 Å². The van der Waals surface area contributed by atoms with Crippen molar-refractivity contribution in [3.63, 3.8) is 0 Å². The van der Waals surface area contributed by atoms with Crippen molar-refractivity contribution >= 4 is 23.3 Å². The molecule has 0 saturated heterocycles. The molecule has 0 fully saturated rings. The lowest BCUT2D eigenvalue weighted by atomic mass is 10.0. The van der Waals surface area contributed by atoms with Crippen molar-refractivity contribution in [2.45, 2.75) is 24.4 Å². The largest absolute Gasteiger partial charge is 0.394 e. The number of aliphatic hydroxyl groups is 5. The maximum atomic E-state index is 9.90. The molecule has 4 atom stereocenters. The van der Waals surface area contributed by atoms with E-state index in [2.05, 4.69) is 0 Å². The van der Waals surface area contributed by atoms with Gasteiger partial charge in [0.15, 0.2) is 6.29 Å². The Morgan fingerprint density at radius 1 is 1.08 bits per heavy atom. The highest BCUT2D eigenvalue weighted by molar-refractivity contribution is 8.93. The molecule has 0 aromatic rings. The van der Waals surface area contributed by atoms with E-state index in [1.54, 1.807) is 0 Å². The van der Waals surface area contributed by atoms with Crippen molar-refractivity contribution in [2.24, 2.45) is 0 Å². The standard InChI is InChI=1S/C6H12O6.BrH/c7-1-3(9)5(11)6(12)4(10)2-8;/h1,3-6,8-12H,2H2;1H/t3-,4+,5+,6+;/m1./s1. The molecule has 5 N–H and O–H groups in total. The molecule has 0 aliphatic rings. The number of hydrogen-bond donors (Lipinski definition) is 5. The highest BCUT2D eigenvalue weighted by Crippen LogP contribution is 2.02. The first kappa shape index (κ1) is 15.4. The summed E-state index contributed by atoms with van der Waals surface area (Å²) in [6.45, 7) is -0.760. The maximum Gasteiger partial charge on any atom is 0.151 e. The molecule has 0 aromatic carbocycles. The Labute approximate surface area is 85.2 Å². The van der Waals surface area contributed by atoms with Gasteiger partial charge in [-0.2, -0.15) is 0 Å². The first-order valence-corrected chi connectivity index (χ1v) is 3.33. The molecule has 0 rings (SSSR count). The van der Waals surface area contributed by atoms with Crippen LogP contribution in [-0.2, 0) is 4.79 Å². The van der Waals surface area contributed by atoms with E-state index >= 15 is 0 Å². The third-order valence-corrected chi connectivity index (χ3v) is 1.42. The van der Waals surface area contributed by atoms with Crippen LogP contribution in [0.2, 0.25) is 0 Å². The van der Waals surface area contributed by atoms with Gasteiger partial charge >= 0.3 is 0 Å². The molecule has 0 spiro atoms. The Bertz CT molecular complexity index is 143. The van der Waals surface area contributed by atoms with Crippen LogP contribution in [0, 0.1) is 0 Å². The summed E-state index contributed by atoms with van der Waals surface area (Å²) in [5.41, 5.74) is 0. The van der Waals surface area contributed by atoms with Crippen LogP contribution in [0.3, 0.4) is 0 Å². The highest BCUT2D eigenvalue weighted by atomic mass is 79.9. The third kappa shape index (κ3) is 4.65. The average Bonchev–Trinajstić information content (AvgIpc) is 2.12. The van der Waals surface area contributed by atoms with E-state index in [0.29, 0.717) is 0 Å². The lowest BCUT2D eigenvalue weighted by molar-refractivity contribution is -0.136. The second-order valence-corrected chi connectivity index (χ2v) is 2.36. The van der Waals surface area contributed by atoms with Gasteiger partial charge in [-0.15, -0.1) is 17.0 Å². The Morgan fingerprint density at radius 2 is 1.54 bits per heavy atom. The Morgan fingerprint density at radius 3 is 1.85 bits per heavy atom. The summed E-state index contributed by atoms with van der Waals surface area (Å²) in [4.78, 5) is 9.90. The van der Waals surface area contributed by atoms with Gasteiger partial charge in [-0.25, -0.2) is 0 Å². The number of halogens is 1. The minimum atomic E-state index is -1.79. The minimum absolute atomic E-state index is 0. The van der Waals surface area contributed by atoms with E-state index in [1.165, 1.54) is 0 Å². The van der Waals surface area contributed by atoms with Crippen LogP contribution in [0.1, 0.15) is 0 Å². The van der Waals surface area contributed by atoms with E-state index in [4.69, 9.17) is 25.5 Å². The second-order valence-electron chi connectivity index (χ2n) is 2.36. The molecule has 0 aromatic heterocycles. The van der Waals surface area contributed by atoms with Gasteiger partial charge in [0.2, 0.25) is 0 Å². The van der Waals surface area contributed by atoms with Gasteiger partial charge in [-0.1, -0.05) is 0 Å². The van der Waals surface area contributed by atoms with Crippen LogP contribution < -0.4 is 0 Å². The van der Waals surface area contributed by atoms with Crippen molar-refractivity contribution in [1.82, 2.24) is 0 Å². The molecule has 0 radical (unpaired) electrons. The molecule has 0 heterocycles. The third-order valence-electron chi connectivity index (χ3n) is 1.42. The van der Waals surface area contributed by atoms with Crippen LogP contribution in [0.5, 0.6) is 0 Å². The Kier molecular flexibility index (Phi) is 8.74. The van der Waals surface area contributed by atoms with Crippen molar-refractivity contribution in [3.05, 3.63) is 0 Å². The first-order chi connectivity index (χ1) is 5.54. The van der Waals surface area contributed by atoms with Crippen molar-refractivity contribution in [3.8, 4) is 0 Å². The molecule has 0 aliphatic carbocycles. The van der Waals surface area contributed by atoms with Crippen LogP contribution >= 0.6 is 17.0 Å². The zero-order valence-corrected chi connectivity index (χ0v) is 8.36. The monoisotopic (exact) mass is 260 g/mol. The van der Waals surface area contributed by atoms with Crippen LogP contribution in [0.15, 0.2) is 0 Å². The zero-order valence-electron chi connectivity index (χ0n) is 6.65. The number of carbonyl (C=O) groups is 1. The molecule has 13 heavy (non-hydrogen) atoms. The summed E-state index contributed by atoms with van der Waals surface area (Å²) >= 11 is 0. The summed E-state index contributed by atoms with van der Waals surface area (Å²) in [6.07, 6.45) is -6.84. The summed E-state index contributed by atoms with van der Waals surface area (Å²) in [5.74, 6) is 0. The van der Waals surface area contributed by atoms with Gasteiger partial charge in [0.05, 0.1) is 6.61 Å². The average molecular weight is 261 g/mol. The molecular weight excluding hydrogens is 248 g/mol. The summed E-state index contributed by atoms with van der Waals surface area (Å²) in [6, 6.07) is 0. The van der Waals surface area contributed by atoms with Gasteiger partial charge < -0.3 is 30.3 Å². The van der Waals surface area contributed by atoms with Crippen LogP contribution in [-0.4, -0.2) is 62.8 Å². The summed E-state index contributed by atoms with van der Waals surface area (Å²) < 4.78 is 0. The van der Waals surface area contributed by atoms with Gasteiger partial charge in [-0.05, 0) is 0 Å². The molecule has 6 nitrogen and oxygen atoms in total. The molecule has 0 unspecified atom stereocenters. The topological polar surface area (TPSA) is 118 Å². The van der Waals surface area contributed by atoms with E-state index in [1.807, 2.05) is 0 Å². The normalized spacial score (nSPS) is 19.5. The van der Waals surface area contributed by atoms with Crippen LogP contribution in [0.25, 0.3) is 0 Å². The van der Waals surface area contributed by atoms with Gasteiger partial charge in [0, 0.05) is 0 Å². The fourth-order valence-electron chi connectivity index (χ4n) is 0.618. The predicted octanol–water partition coefficient (Wildman–Crippen LogP) is -2.80. The van der Waals surface area contributed by atoms with Crippen molar-refractivity contribution < 1.29 is 30.3 Å². The molecule has 0 bridgehead atoms. The fourth-order valence-corrected chi connectivity index (χ4v) is 0.618. The number of aliphatic hydroxyl groups excluding tert-OH is 5.